The lowest BCUT2D eigenvalue weighted by Crippen LogP contribution is -2.18. The minimum absolute atomic E-state index is 0.0144. The highest BCUT2D eigenvalue weighted by molar-refractivity contribution is 7.07. The Morgan fingerprint density at radius 2 is 2.25 bits per heavy atom. The van der Waals surface area contributed by atoms with Crippen molar-refractivity contribution >= 4 is 28.8 Å². The molecule has 0 saturated carbocycles. The standard InChI is InChI=1S/C14H15ClN2O2S/c1-2-19-10-13(18)16-14-17(7-8-20-14)9-11-5-3-4-6-12(11)15/h3-8H,2,9-10H2,1H3. The Labute approximate surface area is 126 Å². The lowest BCUT2D eigenvalue weighted by molar-refractivity contribution is -0.122. The average Bonchev–Trinajstić information content (AvgIpc) is 2.86. The van der Waals surface area contributed by atoms with Crippen molar-refractivity contribution < 1.29 is 9.53 Å². The number of rotatable bonds is 5. The second-order valence-corrected chi connectivity index (χ2v) is 5.33. The molecule has 0 fully saturated rings. The molecule has 106 valence electrons. The Balaban J connectivity index is 2.19. The number of nitrogens with zero attached hydrogens (tertiary/aromatic N) is 2. The van der Waals surface area contributed by atoms with Gasteiger partial charge >= 0.3 is 0 Å². The van der Waals surface area contributed by atoms with Crippen molar-refractivity contribution in [1.82, 2.24) is 4.57 Å². The molecule has 4 nitrogen and oxygen atoms in total. The van der Waals surface area contributed by atoms with Crippen LogP contribution in [0.3, 0.4) is 0 Å². The molecule has 0 radical (unpaired) electrons. The summed E-state index contributed by atoms with van der Waals surface area (Å²) < 4.78 is 6.95. The molecule has 0 atom stereocenters. The summed E-state index contributed by atoms with van der Waals surface area (Å²) in [5, 5.41) is 2.60. The normalized spacial score (nSPS) is 11.8. The third kappa shape index (κ3) is 4.03. The van der Waals surface area contributed by atoms with E-state index in [1.165, 1.54) is 11.3 Å². The molecule has 0 aliphatic heterocycles. The molecule has 2 aromatic rings. The Kier molecular flexibility index (Phi) is 5.52. The summed E-state index contributed by atoms with van der Waals surface area (Å²) in [7, 11) is 0. The van der Waals surface area contributed by atoms with Gasteiger partial charge in [-0.25, -0.2) is 0 Å². The van der Waals surface area contributed by atoms with E-state index in [0.717, 1.165) is 5.56 Å². The molecule has 0 aliphatic carbocycles. The maximum absolute atomic E-state index is 11.6. The number of hydrogen-bond donors (Lipinski definition) is 0. The first-order valence-electron chi connectivity index (χ1n) is 6.23. The minimum Gasteiger partial charge on any atom is -0.372 e. The fraction of sp³-hybridized carbons (Fsp3) is 0.286. The number of hydrogen-bond acceptors (Lipinski definition) is 3. The van der Waals surface area contributed by atoms with E-state index in [4.69, 9.17) is 16.3 Å². The van der Waals surface area contributed by atoms with Gasteiger partial charge in [0.1, 0.15) is 6.61 Å². The van der Waals surface area contributed by atoms with Crippen molar-refractivity contribution in [1.29, 1.82) is 0 Å². The van der Waals surface area contributed by atoms with E-state index in [9.17, 15) is 4.79 Å². The van der Waals surface area contributed by atoms with Gasteiger partial charge in [-0.15, -0.1) is 11.3 Å². The largest absolute Gasteiger partial charge is 0.372 e. The molecule has 0 aliphatic rings. The van der Waals surface area contributed by atoms with E-state index < -0.39 is 0 Å². The van der Waals surface area contributed by atoms with Crippen LogP contribution in [0.2, 0.25) is 5.02 Å². The van der Waals surface area contributed by atoms with Gasteiger partial charge in [0, 0.05) is 23.2 Å². The number of amides is 1. The van der Waals surface area contributed by atoms with Crippen LogP contribution in [0, 0.1) is 0 Å². The first kappa shape index (κ1) is 15.0. The van der Waals surface area contributed by atoms with Crippen LogP contribution in [-0.2, 0) is 16.1 Å². The average molecular weight is 311 g/mol. The van der Waals surface area contributed by atoms with Crippen LogP contribution in [-0.4, -0.2) is 23.7 Å². The summed E-state index contributed by atoms with van der Waals surface area (Å²) in [6, 6.07) is 7.63. The van der Waals surface area contributed by atoms with Gasteiger partial charge in [-0.1, -0.05) is 29.8 Å². The fourth-order valence-corrected chi connectivity index (χ4v) is 2.59. The van der Waals surface area contributed by atoms with Crippen LogP contribution in [0.25, 0.3) is 0 Å². The van der Waals surface area contributed by atoms with Gasteiger partial charge in [0.15, 0.2) is 4.80 Å². The van der Waals surface area contributed by atoms with Crippen molar-refractivity contribution in [3.8, 4) is 0 Å². The molecule has 1 aromatic heterocycles. The van der Waals surface area contributed by atoms with Crippen LogP contribution in [0.5, 0.6) is 0 Å². The highest BCUT2D eigenvalue weighted by Crippen LogP contribution is 2.15. The van der Waals surface area contributed by atoms with E-state index in [1.807, 2.05) is 47.3 Å². The van der Waals surface area contributed by atoms with Crippen molar-refractivity contribution in [3.63, 3.8) is 0 Å². The molecule has 0 N–H and O–H groups in total. The van der Waals surface area contributed by atoms with Crippen molar-refractivity contribution in [2.24, 2.45) is 4.99 Å². The summed E-state index contributed by atoms with van der Waals surface area (Å²) in [5.74, 6) is -0.276. The SMILES string of the molecule is CCOCC(=O)N=c1sccn1Cc1ccccc1Cl. The quantitative estimate of drug-likeness (QED) is 0.852. The highest BCUT2D eigenvalue weighted by Gasteiger charge is 2.04. The van der Waals surface area contributed by atoms with Gasteiger partial charge in [0.05, 0.1) is 6.54 Å². The van der Waals surface area contributed by atoms with Gasteiger partial charge < -0.3 is 9.30 Å². The van der Waals surface area contributed by atoms with Crippen LogP contribution < -0.4 is 4.80 Å². The minimum atomic E-state index is -0.276. The van der Waals surface area contributed by atoms with Crippen LogP contribution >= 0.6 is 22.9 Å². The Morgan fingerprint density at radius 3 is 3.00 bits per heavy atom. The zero-order valence-corrected chi connectivity index (χ0v) is 12.7. The molecule has 20 heavy (non-hydrogen) atoms. The molecule has 0 bridgehead atoms. The Morgan fingerprint density at radius 1 is 1.45 bits per heavy atom. The number of aromatic nitrogens is 1. The maximum Gasteiger partial charge on any atom is 0.274 e. The first-order valence-corrected chi connectivity index (χ1v) is 7.49. The summed E-state index contributed by atoms with van der Waals surface area (Å²) >= 11 is 7.55. The number of ether oxygens (including phenoxy) is 1. The van der Waals surface area contributed by atoms with Gasteiger partial charge in [-0.2, -0.15) is 4.99 Å². The van der Waals surface area contributed by atoms with E-state index in [0.29, 0.717) is 23.0 Å². The van der Waals surface area contributed by atoms with Crippen LogP contribution in [0.4, 0.5) is 0 Å². The third-order valence-corrected chi connectivity index (χ3v) is 3.77. The number of thiazole rings is 1. The molecular weight excluding hydrogens is 296 g/mol. The molecule has 1 amide bonds. The van der Waals surface area contributed by atoms with Gasteiger partial charge in [0.25, 0.3) is 5.91 Å². The van der Waals surface area contributed by atoms with E-state index >= 15 is 0 Å². The van der Waals surface area contributed by atoms with E-state index in [-0.39, 0.29) is 12.5 Å². The fourth-order valence-electron chi connectivity index (χ4n) is 1.65. The predicted molar refractivity (Wildman–Crippen MR) is 79.9 cm³/mol. The second-order valence-electron chi connectivity index (χ2n) is 4.05. The van der Waals surface area contributed by atoms with Gasteiger partial charge in [-0.05, 0) is 18.6 Å². The Hall–Kier alpha value is -1.43. The lowest BCUT2D eigenvalue weighted by atomic mass is 10.2. The van der Waals surface area contributed by atoms with Crippen molar-refractivity contribution in [3.05, 3.63) is 51.2 Å². The third-order valence-electron chi connectivity index (χ3n) is 2.61. The van der Waals surface area contributed by atoms with Crippen LogP contribution in [0.15, 0.2) is 40.8 Å². The molecule has 1 aromatic carbocycles. The van der Waals surface area contributed by atoms with Gasteiger partial charge in [0.2, 0.25) is 0 Å². The summed E-state index contributed by atoms with van der Waals surface area (Å²) in [4.78, 5) is 16.3. The molecule has 0 spiro atoms. The molecule has 0 unspecified atom stereocenters. The second kappa shape index (κ2) is 7.38. The monoisotopic (exact) mass is 310 g/mol. The van der Waals surface area contributed by atoms with E-state index in [2.05, 4.69) is 4.99 Å². The highest BCUT2D eigenvalue weighted by atomic mass is 35.5. The number of carbonyl (C=O) groups excluding carboxylic acids is 1. The topological polar surface area (TPSA) is 43.6 Å². The number of halogens is 1. The summed E-state index contributed by atoms with van der Waals surface area (Å²) in [5.41, 5.74) is 0.992. The number of carbonyl (C=O) groups is 1. The molecular formula is C14H15ClN2O2S. The van der Waals surface area contributed by atoms with Gasteiger partial charge in [-0.3, -0.25) is 4.79 Å². The van der Waals surface area contributed by atoms with Crippen molar-refractivity contribution in [2.75, 3.05) is 13.2 Å². The molecule has 6 heteroatoms. The van der Waals surface area contributed by atoms with E-state index in [1.54, 1.807) is 0 Å². The molecule has 2 rings (SSSR count). The smallest absolute Gasteiger partial charge is 0.274 e. The van der Waals surface area contributed by atoms with Crippen molar-refractivity contribution in [2.45, 2.75) is 13.5 Å². The molecule has 0 saturated heterocycles. The Bertz CT molecular complexity index is 648. The predicted octanol–water partition coefficient (Wildman–Crippen LogP) is 2.72. The number of benzene rings is 1. The molecule has 1 heterocycles. The summed E-state index contributed by atoms with van der Waals surface area (Å²) in [6.45, 7) is 2.95. The summed E-state index contributed by atoms with van der Waals surface area (Å²) in [6.07, 6.45) is 1.89. The van der Waals surface area contributed by atoms with Crippen LogP contribution in [0.1, 0.15) is 12.5 Å². The first-order chi connectivity index (χ1) is 9.70. The lowest BCUT2D eigenvalue weighted by Gasteiger charge is -2.05. The zero-order valence-electron chi connectivity index (χ0n) is 11.1. The maximum atomic E-state index is 11.6. The zero-order chi connectivity index (χ0) is 14.4.